The molecular weight excluding hydrogens is 502 g/mol. The van der Waals surface area contributed by atoms with Crippen LogP contribution in [0.5, 0.6) is 0 Å². The number of aliphatic hydroxyl groups is 2. The molecule has 9 heteroatoms. The van der Waals surface area contributed by atoms with Crippen molar-refractivity contribution in [2.45, 2.75) is 77.0 Å². The van der Waals surface area contributed by atoms with E-state index in [0.717, 1.165) is 18.4 Å². The number of ketones is 2. The first kappa shape index (κ1) is 27.5. The molecule has 0 radical (unpaired) electrons. The highest BCUT2D eigenvalue weighted by molar-refractivity contribution is 6.01. The van der Waals surface area contributed by atoms with Crippen LogP contribution in [-0.4, -0.2) is 52.0 Å². The number of carbonyl (C=O) groups excluding carboxylic acids is 4. The van der Waals surface area contributed by atoms with Crippen molar-refractivity contribution in [3.8, 4) is 0 Å². The van der Waals surface area contributed by atoms with Crippen LogP contribution in [0, 0.1) is 28.6 Å². The number of esters is 1. The number of ether oxygens (including phenoxy) is 1. The van der Waals surface area contributed by atoms with Gasteiger partial charge in [-0.05, 0) is 68.2 Å². The molecule has 0 aromatic carbocycles. The second-order valence-corrected chi connectivity index (χ2v) is 12.1. The van der Waals surface area contributed by atoms with Gasteiger partial charge in [0.15, 0.2) is 12.4 Å². The first-order valence-electron chi connectivity index (χ1n) is 13.8. The quantitative estimate of drug-likeness (QED) is 0.428. The Bertz CT molecular complexity index is 1220. The zero-order valence-electron chi connectivity index (χ0n) is 22.5. The zero-order valence-corrected chi connectivity index (χ0v) is 22.5. The van der Waals surface area contributed by atoms with Crippen molar-refractivity contribution in [3.63, 3.8) is 0 Å². The van der Waals surface area contributed by atoms with Crippen LogP contribution in [-0.2, 0) is 30.5 Å². The van der Waals surface area contributed by atoms with E-state index in [1.54, 1.807) is 24.3 Å². The fraction of sp³-hybridized carbons (Fsp3) is 0.600. The van der Waals surface area contributed by atoms with Crippen LogP contribution in [0.1, 0.15) is 64.6 Å². The highest BCUT2D eigenvalue weighted by atomic mass is 16.5. The number of Topliss-reactive ketones (excluding diaryl/α,β-unsaturated/α-hetero) is 1. The van der Waals surface area contributed by atoms with E-state index in [2.05, 4.69) is 12.2 Å². The number of nitrogens with one attached hydrogen (secondary N) is 1. The Morgan fingerprint density at radius 1 is 1.21 bits per heavy atom. The summed E-state index contributed by atoms with van der Waals surface area (Å²) in [4.78, 5) is 49.6. The highest BCUT2D eigenvalue weighted by Gasteiger charge is 2.68. The Kier molecular flexibility index (Phi) is 7.18. The van der Waals surface area contributed by atoms with Gasteiger partial charge >= 0.3 is 5.97 Å². The lowest BCUT2D eigenvalue weighted by Crippen LogP contribution is -2.61. The number of aliphatic hydroxyl groups excluding tert-OH is 1. The van der Waals surface area contributed by atoms with Gasteiger partial charge in [-0.3, -0.25) is 19.2 Å². The molecule has 1 heterocycles. The molecule has 4 aliphatic rings. The monoisotopic (exact) mass is 539 g/mol. The molecule has 0 bridgehead atoms. The van der Waals surface area contributed by atoms with E-state index < -0.39 is 40.9 Å². The minimum Gasteiger partial charge on any atom is -0.467 e. The lowest BCUT2D eigenvalue weighted by atomic mass is 9.46. The van der Waals surface area contributed by atoms with Gasteiger partial charge in [-0.25, -0.2) is 0 Å². The normalized spacial score (nSPS) is 36.8. The van der Waals surface area contributed by atoms with Crippen LogP contribution >= 0.6 is 0 Å². The fourth-order valence-corrected chi connectivity index (χ4v) is 8.03. The second-order valence-electron chi connectivity index (χ2n) is 12.1. The molecule has 210 valence electrons. The number of furan rings is 1. The third-order valence-electron chi connectivity index (χ3n) is 10.1. The Morgan fingerprint density at radius 2 is 2.00 bits per heavy atom. The molecule has 4 aliphatic carbocycles. The summed E-state index contributed by atoms with van der Waals surface area (Å²) in [7, 11) is 0. The van der Waals surface area contributed by atoms with E-state index >= 15 is 0 Å². The molecule has 0 spiro atoms. The van der Waals surface area contributed by atoms with Crippen LogP contribution in [0.25, 0.3) is 0 Å². The van der Waals surface area contributed by atoms with E-state index in [4.69, 9.17) is 9.15 Å². The molecule has 1 amide bonds. The maximum Gasteiger partial charge on any atom is 0.306 e. The van der Waals surface area contributed by atoms with Gasteiger partial charge in [0.1, 0.15) is 11.4 Å². The average molecular weight is 540 g/mol. The SMILES string of the molecule is C[C@]12C=CC(=O)C=C1CC[C@@H]1[C@@H]2[C@H](O)C[C@]2(C)[C@@H]1CC[C@]2(O)C(=O)COC(=O)CCC(=O)NCc1ccco1. The molecule has 1 aromatic rings. The van der Waals surface area contributed by atoms with Gasteiger partial charge in [0.05, 0.1) is 25.3 Å². The summed E-state index contributed by atoms with van der Waals surface area (Å²) < 4.78 is 10.3. The molecular formula is C30H37NO8. The van der Waals surface area contributed by atoms with Gasteiger partial charge in [0, 0.05) is 23.2 Å². The van der Waals surface area contributed by atoms with Crippen molar-refractivity contribution < 1.29 is 38.5 Å². The predicted octanol–water partition coefficient (Wildman–Crippen LogP) is 2.80. The molecule has 3 fully saturated rings. The van der Waals surface area contributed by atoms with Gasteiger partial charge < -0.3 is 24.7 Å². The minimum atomic E-state index is -1.72. The molecule has 0 saturated heterocycles. The molecule has 1 aromatic heterocycles. The molecule has 0 aliphatic heterocycles. The number of hydrogen-bond donors (Lipinski definition) is 3. The van der Waals surface area contributed by atoms with Crippen LogP contribution in [0.15, 0.2) is 46.6 Å². The molecule has 9 nitrogen and oxygen atoms in total. The van der Waals surface area contributed by atoms with Crippen molar-refractivity contribution in [1.29, 1.82) is 0 Å². The molecule has 0 unspecified atom stereocenters. The zero-order chi connectivity index (χ0) is 28.0. The number of rotatable bonds is 8. The van der Waals surface area contributed by atoms with Gasteiger partial charge in [-0.15, -0.1) is 0 Å². The first-order chi connectivity index (χ1) is 18.5. The van der Waals surface area contributed by atoms with Crippen molar-refractivity contribution in [2.24, 2.45) is 28.6 Å². The Hall–Kier alpha value is -3.04. The van der Waals surface area contributed by atoms with Crippen LogP contribution in [0.4, 0.5) is 0 Å². The van der Waals surface area contributed by atoms with Gasteiger partial charge in [0.25, 0.3) is 0 Å². The summed E-state index contributed by atoms with van der Waals surface area (Å²) in [5.41, 5.74) is -1.97. The standard InChI is InChI=1S/C30H37NO8/c1-28-11-9-19(32)14-18(28)5-6-21-22-10-12-30(37,29(22,2)15-23(33)27(21)28)24(34)17-39-26(36)8-7-25(35)31-16-20-4-3-13-38-20/h3-4,9,11,13-14,21-23,27,33,37H,5-8,10,12,15-17H2,1-2H3,(H,31,35)/t21-,22+,23+,27+,28-,29+,30-/m0/s1. The Morgan fingerprint density at radius 3 is 2.74 bits per heavy atom. The van der Waals surface area contributed by atoms with E-state index in [9.17, 15) is 29.4 Å². The summed E-state index contributed by atoms with van der Waals surface area (Å²) in [6, 6.07) is 3.44. The molecule has 5 rings (SSSR count). The summed E-state index contributed by atoms with van der Waals surface area (Å²) in [6.45, 7) is 3.59. The third kappa shape index (κ3) is 4.69. The van der Waals surface area contributed by atoms with Crippen LogP contribution in [0.2, 0.25) is 0 Å². The number of fused-ring (bicyclic) bond motifs is 5. The van der Waals surface area contributed by atoms with Gasteiger partial charge in [0.2, 0.25) is 11.7 Å². The smallest absolute Gasteiger partial charge is 0.306 e. The third-order valence-corrected chi connectivity index (χ3v) is 10.1. The topological polar surface area (TPSA) is 143 Å². The largest absolute Gasteiger partial charge is 0.467 e. The number of allylic oxidation sites excluding steroid dienone is 4. The maximum atomic E-state index is 13.3. The van der Waals surface area contributed by atoms with Crippen molar-refractivity contribution in [2.75, 3.05) is 6.61 Å². The van der Waals surface area contributed by atoms with Crippen LogP contribution < -0.4 is 5.32 Å². The minimum absolute atomic E-state index is 0.0119. The van der Waals surface area contributed by atoms with E-state index in [1.807, 2.05) is 13.0 Å². The Labute approximate surface area is 227 Å². The summed E-state index contributed by atoms with van der Waals surface area (Å²) in [6.07, 6.45) is 8.30. The molecule has 3 saturated carbocycles. The molecule has 39 heavy (non-hydrogen) atoms. The number of carbonyl (C=O) groups is 4. The Balaban J connectivity index is 1.19. The first-order valence-corrected chi connectivity index (χ1v) is 13.8. The maximum absolute atomic E-state index is 13.3. The van der Waals surface area contributed by atoms with Gasteiger partial charge in [-0.1, -0.05) is 25.5 Å². The summed E-state index contributed by atoms with van der Waals surface area (Å²) in [5, 5.41) is 25.8. The lowest BCUT2D eigenvalue weighted by molar-refractivity contribution is -0.181. The fourth-order valence-electron chi connectivity index (χ4n) is 8.03. The summed E-state index contributed by atoms with van der Waals surface area (Å²) >= 11 is 0. The number of hydrogen-bond acceptors (Lipinski definition) is 8. The van der Waals surface area contributed by atoms with E-state index in [1.165, 1.54) is 6.26 Å². The van der Waals surface area contributed by atoms with Crippen molar-refractivity contribution in [1.82, 2.24) is 5.32 Å². The van der Waals surface area contributed by atoms with Crippen molar-refractivity contribution in [3.05, 3.63) is 48.0 Å². The van der Waals surface area contributed by atoms with E-state index in [-0.39, 0.29) is 61.7 Å². The van der Waals surface area contributed by atoms with Crippen LogP contribution in [0.3, 0.4) is 0 Å². The molecule has 3 N–H and O–H groups in total. The van der Waals surface area contributed by atoms with E-state index in [0.29, 0.717) is 12.2 Å². The highest BCUT2D eigenvalue weighted by Crippen LogP contribution is 2.67. The average Bonchev–Trinajstić information content (AvgIpc) is 3.51. The predicted molar refractivity (Wildman–Crippen MR) is 139 cm³/mol. The number of amides is 1. The van der Waals surface area contributed by atoms with Gasteiger partial charge in [-0.2, -0.15) is 0 Å². The lowest BCUT2D eigenvalue weighted by Gasteiger charge is -2.59. The summed E-state index contributed by atoms with van der Waals surface area (Å²) in [5.74, 6) is -1.05. The molecule has 7 atom stereocenters. The van der Waals surface area contributed by atoms with Crippen molar-refractivity contribution >= 4 is 23.4 Å². The second kappa shape index (κ2) is 10.2.